The molecule has 18 heavy (non-hydrogen) atoms. The maximum absolute atomic E-state index is 11.8. The summed E-state index contributed by atoms with van der Waals surface area (Å²) in [5.41, 5.74) is -1.03. The number of benzene rings is 1. The Hall–Kier alpha value is -0.290. The zero-order valence-corrected chi connectivity index (χ0v) is 12.2. The number of sulfone groups is 1. The molecule has 1 N–H and O–H groups in total. The van der Waals surface area contributed by atoms with Gasteiger partial charge in [-0.3, -0.25) is 0 Å². The minimum Gasteiger partial charge on any atom is -0.384 e. The summed E-state index contributed by atoms with van der Waals surface area (Å²) in [6.45, 7) is 0. The normalized spacial score (nSPS) is 28.6. The van der Waals surface area contributed by atoms with E-state index in [1.165, 1.54) is 0 Å². The Balaban J connectivity index is 2.57. The first-order valence-electron chi connectivity index (χ1n) is 5.62. The second-order valence-electron chi connectivity index (χ2n) is 4.76. The molecular weight excluding hydrogens is 295 g/mol. The molecule has 2 unspecified atom stereocenters. The monoisotopic (exact) mass is 308 g/mol. The molecule has 1 aromatic rings. The second-order valence-corrected chi connectivity index (χ2v) is 7.83. The van der Waals surface area contributed by atoms with Gasteiger partial charge in [0.25, 0.3) is 0 Å². The first kappa shape index (κ1) is 14.1. The SMILES string of the molecule is CS(=O)(=O)C1CCCC1(O)c1cc(Cl)ccc1Cl. The summed E-state index contributed by atoms with van der Waals surface area (Å²) in [4.78, 5) is 0. The van der Waals surface area contributed by atoms with Gasteiger partial charge in [0.1, 0.15) is 5.60 Å². The van der Waals surface area contributed by atoms with Crippen LogP contribution in [0.25, 0.3) is 0 Å². The van der Waals surface area contributed by atoms with Crippen molar-refractivity contribution in [2.45, 2.75) is 30.1 Å². The van der Waals surface area contributed by atoms with Crippen LogP contribution in [0.2, 0.25) is 10.0 Å². The molecule has 1 fully saturated rings. The van der Waals surface area contributed by atoms with E-state index in [1.807, 2.05) is 0 Å². The Bertz CT molecular complexity index is 571. The van der Waals surface area contributed by atoms with Gasteiger partial charge in [0.15, 0.2) is 9.84 Å². The molecule has 0 bridgehead atoms. The van der Waals surface area contributed by atoms with Crippen molar-refractivity contribution in [2.75, 3.05) is 6.26 Å². The Kier molecular flexibility index (Phi) is 3.67. The van der Waals surface area contributed by atoms with Crippen LogP contribution in [-0.2, 0) is 15.4 Å². The third-order valence-corrected chi connectivity index (χ3v) is 5.69. The van der Waals surface area contributed by atoms with E-state index in [4.69, 9.17) is 23.2 Å². The number of rotatable bonds is 2. The lowest BCUT2D eigenvalue weighted by Gasteiger charge is -2.30. The lowest BCUT2D eigenvalue weighted by molar-refractivity contribution is 0.0478. The maximum atomic E-state index is 11.8. The van der Waals surface area contributed by atoms with Crippen molar-refractivity contribution in [3.63, 3.8) is 0 Å². The Morgan fingerprint density at radius 2 is 2.06 bits per heavy atom. The summed E-state index contributed by atoms with van der Waals surface area (Å²) in [7, 11) is -3.34. The van der Waals surface area contributed by atoms with Gasteiger partial charge in [0, 0.05) is 21.9 Å². The third kappa shape index (κ3) is 2.39. The topological polar surface area (TPSA) is 54.4 Å². The summed E-state index contributed by atoms with van der Waals surface area (Å²) >= 11 is 12.0. The molecule has 0 saturated heterocycles. The summed E-state index contributed by atoms with van der Waals surface area (Å²) in [6.07, 6.45) is 2.62. The molecule has 6 heteroatoms. The van der Waals surface area contributed by atoms with E-state index >= 15 is 0 Å². The van der Waals surface area contributed by atoms with Crippen molar-refractivity contribution in [1.82, 2.24) is 0 Å². The molecule has 0 heterocycles. The van der Waals surface area contributed by atoms with Crippen molar-refractivity contribution in [3.05, 3.63) is 33.8 Å². The van der Waals surface area contributed by atoms with Gasteiger partial charge < -0.3 is 5.11 Å². The molecule has 1 aliphatic carbocycles. The highest BCUT2D eigenvalue weighted by Crippen LogP contribution is 2.45. The van der Waals surface area contributed by atoms with Crippen LogP contribution in [0, 0.1) is 0 Å². The molecule has 1 aliphatic rings. The maximum Gasteiger partial charge on any atom is 0.153 e. The van der Waals surface area contributed by atoms with E-state index < -0.39 is 20.7 Å². The largest absolute Gasteiger partial charge is 0.384 e. The zero-order valence-electron chi connectivity index (χ0n) is 9.86. The van der Waals surface area contributed by atoms with E-state index in [2.05, 4.69) is 0 Å². The lowest BCUT2D eigenvalue weighted by Crippen LogP contribution is -2.39. The van der Waals surface area contributed by atoms with Crippen molar-refractivity contribution >= 4 is 33.0 Å². The average molecular weight is 309 g/mol. The Morgan fingerprint density at radius 1 is 1.39 bits per heavy atom. The minimum absolute atomic E-state index is 0.345. The molecule has 0 spiro atoms. The molecule has 0 aromatic heterocycles. The molecule has 0 amide bonds. The number of halogens is 2. The summed E-state index contributed by atoms with van der Waals surface area (Å²) in [6, 6.07) is 4.74. The third-order valence-electron chi connectivity index (χ3n) is 3.47. The van der Waals surface area contributed by atoms with Crippen molar-refractivity contribution in [1.29, 1.82) is 0 Å². The van der Waals surface area contributed by atoms with Crippen molar-refractivity contribution in [2.24, 2.45) is 0 Å². The molecule has 1 aromatic carbocycles. The van der Waals surface area contributed by atoms with Crippen LogP contribution in [0.1, 0.15) is 24.8 Å². The summed E-state index contributed by atoms with van der Waals surface area (Å²) in [5.74, 6) is 0. The standard InChI is InChI=1S/C12H14Cl2O3S/c1-18(16,17)11-3-2-6-12(11,15)9-7-8(13)4-5-10(9)14/h4-5,7,11,15H,2-3,6H2,1H3. The quantitative estimate of drug-likeness (QED) is 0.914. The number of aliphatic hydroxyl groups is 1. The fourth-order valence-corrected chi connectivity index (χ4v) is 4.66. The lowest BCUT2D eigenvalue weighted by atomic mass is 9.92. The molecule has 100 valence electrons. The molecule has 3 nitrogen and oxygen atoms in total. The van der Waals surface area contributed by atoms with Crippen molar-refractivity contribution < 1.29 is 13.5 Å². The van der Waals surface area contributed by atoms with Crippen LogP contribution >= 0.6 is 23.2 Å². The van der Waals surface area contributed by atoms with Gasteiger partial charge in [-0.1, -0.05) is 23.2 Å². The molecule has 2 rings (SSSR count). The van der Waals surface area contributed by atoms with E-state index in [1.54, 1.807) is 18.2 Å². The second kappa shape index (κ2) is 4.67. The van der Waals surface area contributed by atoms with Gasteiger partial charge in [-0.25, -0.2) is 8.42 Å². The molecule has 0 aliphatic heterocycles. The highest BCUT2D eigenvalue weighted by Gasteiger charge is 2.49. The van der Waals surface area contributed by atoms with Gasteiger partial charge in [0.05, 0.1) is 5.25 Å². The van der Waals surface area contributed by atoms with Gasteiger partial charge >= 0.3 is 0 Å². The Morgan fingerprint density at radius 3 is 2.67 bits per heavy atom. The predicted molar refractivity (Wildman–Crippen MR) is 72.8 cm³/mol. The summed E-state index contributed by atoms with van der Waals surface area (Å²) < 4.78 is 23.6. The van der Waals surface area contributed by atoms with Crippen LogP contribution in [0.3, 0.4) is 0 Å². The van der Waals surface area contributed by atoms with E-state index in [-0.39, 0.29) is 0 Å². The predicted octanol–water partition coefficient (Wildman–Crippen LogP) is 2.78. The average Bonchev–Trinajstić information content (AvgIpc) is 2.65. The highest BCUT2D eigenvalue weighted by molar-refractivity contribution is 7.91. The smallest absolute Gasteiger partial charge is 0.153 e. The van der Waals surface area contributed by atoms with Crippen LogP contribution in [-0.4, -0.2) is 25.0 Å². The van der Waals surface area contributed by atoms with E-state index in [0.717, 1.165) is 6.26 Å². The number of hydrogen-bond acceptors (Lipinski definition) is 3. The number of hydrogen-bond donors (Lipinski definition) is 1. The van der Waals surface area contributed by atoms with E-state index in [0.29, 0.717) is 34.9 Å². The van der Waals surface area contributed by atoms with Crippen LogP contribution < -0.4 is 0 Å². The fourth-order valence-electron chi connectivity index (χ4n) is 2.66. The minimum atomic E-state index is -3.34. The van der Waals surface area contributed by atoms with Gasteiger partial charge in [-0.15, -0.1) is 0 Å². The van der Waals surface area contributed by atoms with Crippen LogP contribution in [0.5, 0.6) is 0 Å². The Labute approximate surface area is 117 Å². The van der Waals surface area contributed by atoms with E-state index in [9.17, 15) is 13.5 Å². The van der Waals surface area contributed by atoms with Crippen LogP contribution in [0.4, 0.5) is 0 Å². The van der Waals surface area contributed by atoms with Gasteiger partial charge in [0.2, 0.25) is 0 Å². The van der Waals surface area contributed by atoms with Crippen molar-refractivity contribution in [3.8, 4) is 0 Å². The zero-order chi connectivity index (χ0) is 13.6. The first-order chi connectivity index (χ1) is 8.25. The highest BCUT2D eigenvalue weighted by atomic mass is 35.5. The van der Waals surface area contributed by atoms with Crippen LogP contribution in [0.15, 0.2) is 18.2 Å². The van der Waals surface area contributed by atoms with Gasteiger partial charge in [-0.05, 0) is 37.5 Å². The molecule has 1 saturated carbocycles. The summed E-state index contributed by atoms with van der Waals surface area (Å²) in [5, 5.41) is 10.7. The fraction of sp³-hybridized carbons (Fsp3) is 0.500. The van der Waals surface area contributed by atoms with Gasteiger partial charge in [-0.2, -0.15) is 0 Å². The molecule has 0 radical (unpaired) electrons. The first-order valence-corrected chi connectivity index (χ1v) is 8.33. The molecule has 2 atom stereocenters. The molecular formula is C12H14Cl2O3S.